The summed E-state index contributed by atoms with van der Waals surface area (Å²) in [7, 11) is 0. The number of hydrogen-bond acceptors (Lipinski definition) is 7. The van der Waals surface area contributed by atoms with Crippen molar-refractivity contribution in [2.45, 2.75) is 25.5 Å². The molecule has 0 bridgehead atoms. The maximum atomic E-state index is 13.6. The van der Waals surface area contributed by atoms with Crippen LogP contribution in [0.2, 0.25) is 0 Å². The molecule has 2 aromatic heterocycles. The Bertz CT molecular complexity index is 1360. The molecule has 2 aromatic carbocycles. The standard InChI is InChI=1S/C25H22N2O4S2/c1-3-31-24(30)21-16(2)20-22(33-21)26-25(32-15-19(28)18-12-8-5-9-13-18)27(23(20)29)14-17-10-6-4-7-11-17/h4-13H,3,14-15H2,1-2H3. The molecule has 0 saturated heterocycles. The van der Waals surface area contributed by atoms with Gasteiger partial charge in [-0.25, -0.2) is 9.78 Å². The molecule has 4 rings (SSSR count). The van der Waals surface area contributed by atoms with E-state index in [9.17, 15) is 14.4 Å². The lowest BCUT2D eigenvalue weighted by molar-refractivity contribution is 0.0531. The number of carbonyl (C=O) groups is 2. The van der Waals surface area contributed by atoms with Crippen LogP contribution in [0.1, 0.15) is 38.1 Å². The van der Waals surface area contributed by atoms with E-state index in [0.717, 1.165) is 16.9 Å². The number of thiophene rings is 1. The Labute approximate surface area is 199 Å². The lowest BCUT2D eigenvalue weighted by atomic mass is 10.2. The van der Waals surface area contributed by atoms with Gasteiger partial charge in [0.05, 0.1) is 24.3 Å². The molecule has 0 aliphatic carbocycles. The Morgan fingerprint density at radius 1 is 1.06 bits per heavy atom. The largest absolute Gasteiger partial charge is 0.462 e. The first-order chi connectivity index (χ1) is 16.0. The third kappa shape index (κ3) is 4.91. The first kappa shape index (κ1) is 22.9. The van der Waals surface area contributed by atoms with Crippen molar-refractivity contribution in [1.29, 1.82) is 0 Å². The minimum absolute atomic E-state index is 0.0456. The highest BCUT2D eigenvalue weighted by Crippen LogP contribution is 2.30. The van der Waals surface area contributed by atoms with Crippen molar-refractivity contribution in [3.8, 4) is 0 Å². The average Bonchev–Trinajstić information content (AvgIpc) is 3.17. The maximum Gasteiger partial charge on any atom is 0.348 e. The maximum absolute atomic E-state index is 13.6. The third-order valence-corrected chi connectivity index (χ3v) is 7.23. The van der Waals surface area contributed by atoms with Gasteiger partial charge >= 0.3 is 5.97 Å². The van der Waals surface area contributed by atoms with Crippen LogP contribution < -0.4 is 5.56 Å². The summed E-state index contributed by atoms with van der Waals surface area (Å²) in [6.45, 7) is 4.05. The van der Waals surface area contributed by atoms with Crippen LogP contribution in [0, 0.1) is 6.92 Å². The molecule has 0 aliphatic heterocycles. The molecule has 0 unspecified atom stereocenters. The number of hydrogen-bond donors (Lipinski definition) is 0. The van der Waals surface area contributed by atoms with Crippen molar-refractivity contribution in [2.75, 3.05) is 12.4 Å². The normalized spacial score (nSPS) is 11.0. The number of benzene rings is 2. The quantitative estimate of drug-likeness (QED) is 0.154. The highest BCUT2D eigenvalue weighted by Gasteiger charge is 2.23. The van der Waals surface area contributed by atoms with E-state index in [2.05, 4.69) is 0 Å². The molecule has 6 nitrogen and oxygen atoms in total. The highest BCUT2D eigenvalue weighted by molar-refractivity contribution is 7.99. The summed E-state index contributed by atoms with van der Waals surface area (Å²) in [5, 5.41) is 0.856. The predicted molar refractivity (Wildman–Crippen MR) is 132 cm³/mol. The van der Waals surface area contributed by atoms with Gasteiger partial charge in [0.1, 0.15) is 9.71 Å². The Morgan fingerprint density at radius 2 is 1.73 bits per heavy atom. The Balaban J connectivity index is 1.77. The number of ether oxygens (including phenoxy) is 1. The van der Waals surface area contributed by atoms with Gasteiger partial charge in [-0.1, -0.05) is 72.4 Å². The van der Waals surface area contributed by atoms with Crippen LogP contribution >= 0.6 is 23.1 Å². The number of aromatic nitrogens is 2. The SMILES string of the molecule is CCOC(=O)c1sc2nc(SCC(=O)c3ccccc3)n(Cc3ccccc3)c(=O)c2c1C. The van der Waals surface area contributed by atoms with E-state index >= 15 is 0 Å². The van der Waals surface area contributed by atoms with Gasteiger partial charge in [-0.05, 0) is 25.0 Å². The second kappa shape index (κ2) is 10.1. The second-order valence-corrected chi connectivity index (χ2v) is 9.25. The van der Waals surface area contributed by atoms with Gasteiger partial charge < -0.3 is 4.74 Å². The fourth-order valence-corrected chi connectivity index (χ4v) is 5.45. The summed E-state index contributed by atoms with van der Waals surface area (Å²) in [5.41, 5.74) is 1.89. The lowest BCUT2D eigenvalue weighted by Gasteiger charge is -2.12. The number of fused-ring (bicyclic) bond motifs is 1. The summed E-state index contributed by atoms with van der Waals surface area (Å²) >= 11 is 2.37. The van der Waals surface area contributed by atoms with Gasteiger partial charge in [-0.2, -0.15) is 0 Å². The zero-order valence-corrected chi connectivity index (χ0v) is 19.9. The minimum Gasteiger partial charge on any atom is -0.462 e. The van der Waals surface area contributed by atoms with Crippen LogP contribution in [0.5, 0.6) is 0 Å². The van der Waals surface area contributed by atoms with Gasteiger partial charge in [0.15, 0.2) is 10.9 Å². The molecule has 0 atom stereocenters. The monoisotopic (exact) mass is 478 g/mol. The zero-order valence-electron chi connectivity index (χ0n) is 18.2. The number of thioether (sulfide) groups is 1. The molecule has 0 radical (unpaired) electrons. The van der Waals surface area contributed by atoms with Crippen molar-refractivity contribution in [3.05, 3.63) is 92.6 Å². The van der Waals surface area contributed by atoms with E-state index in [1.807, 2.05) is 48.5 Å². The van der Waals surface area contributed by atoms with Crippen molar-refractivity contribution < 1.29 is 14.3 Å². The Kier molecular flexibility index (Phi) is 7.05. The Morgan fingerprint density at radius 3 is 2.39 bits per heavy atom. The number of rotatable bonds is 8. The van der Waals surface area contributed by atoms with Gasteiger partial charge in [-0.15, -0.1) is 11.3 Å². The van der Waals surface area contributed by atoms with E-state index in [1.54, 1.807) is 30.5 Å². The molecule has 0 spiro atoms. The first-order valence-electron chi connectivity index (χ1n) is 10.5. The average molecular weight is 479 g/mol. The molecular weight excluding hydrogens is 456 g/mol. The van der Waals surface area contributed by atoms with E-state index in [4.69, 9.17) is 9.72 Å². The summed E-state index contributed by atoms with van der Waals surface area (Å²) in [4.78, 5) is 44.2. The molecule has 2 heterocycles. The second-order valence-electron chi connectivity index (χ2n) is 7.31. The summed E-state index contributed by atoms with van der Waals surface area (Å²) in [6, 6.07) is 18.6. The third-order valence-electron chi connectivity index (χ3n) is 5.09. The number of esters is 1. The van der Waals surface area contributed by atoms with Crippen LogP contribution in [0.3, 0.4) is 0 Å². The van der Waals surface area contributed by atoms with Gasteiger partial charge in [-0.3, -0.25) is 14.2 Å². The fourth-order valence-electron chi connectivity index (χ4n) is 3.44. The minimum atomic E-state index is -0.458. The van der Waals surface area contributed by atoms with Crippen molar-refractivity contribution >= 4 is 45.1 Å². The fraction of sp³-hybridized carbons (Fsp3) is 0.200. The van der Waals surface area contributed by atoms with Crippen molar-refractivity contribution in [1.82, 2.24) is 9.55 Å². The van der Waals surface area contributed by atoms with Crippen LogP contribution in [-0.4, -0.2) is 33.7 Å². The van der Waals surface area contributed by atoms with Crippen LogP contribution in [0.4, 0.5) is 0 Å². The molecule has 168 valence electrons. The summed E-state index contributed by atoms with van der Waals surface area (Å²) in [5.74, 6) is -0.359. The Hall–Kier alpha value is -3.23. The van der Waals surface area contributed by atoms with Crippen LogP contribution in [-0.2, 0) is 11.3 Å². The highest BCUT2D eigenvalue weighted by atomic mass is 32.2. The molecule has 0 aliphatic rings. The molecule has 33 heavy (non-hydrogen) atoms. The van der Waals surface area contributed by atoms with E-state index in [1.165, 1.54) is 11.8 Å². The van der Waals surface area contributed by atoms with E-state index in [0.29, 0.717) is 37.9 Å². The van der Waals surface area contributed by atoms with Crippen LogP contribution in [0.25, 0.3) is 10.2 Å². The van der Waals surface area contributed by atoms with Crippen molar-refractivity contribution in [2.24, 2.45) is 0 Å². The van der Waals surface area contributed by atoms with Crippen LogP contribution in [0.15, 0.2) is 70.6 Å². The van der Waals surface area contributed by atoms with Gasteiger partial charge in [0.2, 0.25) is 0 Å². The van der Waals surface area contributed by atoms with Crippen molar-refractivity contribution in [3.63, 3.8) is 0 Å². The lowest BCUT2D eigenvalue weighted by Crippen LogP contribution is -2.24. The first-order valence-corrected chi connectivity index (χ1v) is 12.3. The number of Topliss-reactive ketones (excluding diaryl/α,β-unsaturated/α-hetero) is 1. The molecule has 0 saturated carbocycles. The topological polar surface area (TPSA) is 78.3 Å². The smallest absolute Gasteiger partial charge is 0.348 e. The molecule has 8 heteroatoms. The van der Waals surface area contributed by atoms with Gasteiger partial charge in [0.25, 0.3) is 5.56 Å². The van der Waals surface area contributed by atoms with Gasteiger partial charge in [0, 0.05) is 5.56 Å². The zero-order chi connectivity index (χ0) is 23.4. The number of carbonyl (C=O) groups excluding carboxylic acids is 2. The summed E-state index contributed by atoms with van der Waals surface area (Å²) in [6.07, 6.45) is 0. The molecule has 0 fully saturated rings. The number of aryl methyl sites for hydroxylation is 1. The molecule has 0 amide bonds. The number of ketones is 1. The van der Waals surface area contributed by atoms with E-state index in [-0.39, 0.29) is 23.7 Å². The number of nitrogens with zero attached hydrogens (tertiary/aromatic N) is 2. The predicted octanol–water partition coefficient (Wildman–Crippen LogP) is 4.97. The molecule has 4 aromatic rings. The van der Waals surface area contributed by atoms with E-state index < -0.39 is 5.97 Å². The summed E-state index contributed by atoms with van der Waals surface area (Å²) < 4.78 is 6.73. The molecular formula is C25H22N2O4S2. The molecule has 0 N–H and O–H groups in total.